The summed E-state index contributed by atoms with van der Waals surface area (Å²) in [6.07, 6.45) is 3.45. The van der Waals surface area contributed by atoms with Crippen molar-refractivity contribution in [3.05, 3.63) is 45.7 Å². The van der Waals surface area contributed by atoms with Gasteiger partial charge in [0.05, 0.1) is 40.5 Å². The van der Waals surface area contributed by atoms with Gasteiger partial charge in [-0.3, -0.25) is 9.97 Å². The SMILES string of the molecule is Cc1cnc(CNc2cc(Cl)nc(C)c2Cl)cn1. The molecule has 2 aromatic heterocycles. The van der Waals surface area contributed by atoms with Crippen molar-refractivity contribution in [2.45, 2.75) is 20.4 Å². The Morgan fingerprint density at radius 1 is 1.17 bits per heavy atom. The monoisotopic (exact) mass is 282 g/mol. The summed E-state index contributed by atoms with van der Waals surface area (Å²) < 4.78 is 0. The lowest BCUT2D eigenvalue weighted by atomic mass is 10.3. The zero-order valence-corrected chi connectivity index (χ0v) is 11.5. The van der Waals surface area contributed by atoms with E-state index in [2.05, 4.69) is 20.3 Å². The van der Waals surface area contributed by atoms with Crippen molar-refractivity contribution in [3.63, 3.8) is 0 Å². The highest BCUT2D eigenvalue weighted by molar-refractivity contribution is 6.35. The maximum absolute atomic E-state index is 6.14. The molecule has 2 heterocycles. The van der Waals surface area contributed by atoms with Crippen molar-refractivity contribution in [1.29, 1.82) is 0 Å². The van der Waals surface area contributed by atoms with Gasteiger partial charge in [0.15, 0.2) is 0 Å². The summed E-state index contributed by atoms with van der Waals surface area (Å²) in [6.45, 7) is 4.24. The van der Waals surface area contributed by atoms with E-state index in [4.69, 9.17) is 23.2 Å². The number of hydrogen-bond donors (Lipinski definition) is 1. The zero-order valence-electron chi connectivity index (χ0n) is 10.0. The van der Waals surface area contributed by atoms with Crippen LogP contribution < -0.4 is 5.32 Å². The molecule has 0 aromatic carbocycles. The van der Waals surface area contributed by atoms with Gasteiger partial charge in [0.1, 0.15) is 5.15 Å². The van der Waals surface area contributed by atoms with Gasteiger partial charge in [-0.2, -0.15) is 0 Å². The minimum Gasteiger partial charge on any atom is -0.378 e. The van der Waals surface area contributed by atoms with Gasteiger partial charge in [0.2, 0.25) is 0 Å². The number of nitrogens with zero attached hydrogens (tertiary/aromatic N) is 3. The van der Waals surface area contributed by atoms with E-state index in [-0.39, 0.29) is 0 Å². The lowest BCUT2D eigenvalue weighted by molar-refractivity contribution is 0.983. The van der Waals surface area contributed by atoms with Crippen LogP contribution in [0.3, 0.4) is 0 Å². The molecule has 0 unspecified atom stereocenters. The average Bonchev–Trinajstić information content (AvgIpc) is 2.34. The van der Waals surface area contributed by atoms with Crippen molar-refractivity contribution < 1.29 is 0 Å². The standard InChI is InChI=1S/C12H12Cl2N4/c1-7-4-16-9(5-15-7)6-17-10-3-11(13)18-8(2)12(10)14/h3-5H,6H2,1-2H3,(H,17,18). The predicted octanol–water partition coefficient (Wildman–Crippen LogP) is 3.41. The molecule has 0 bridgehead atoms. The molecule has 0 spiro atoms. The van der Waals surface area contributed by atoms with Gasteiger partial charge in [-0.25, -0.2) is 4.98 Å². The molecular formula is C12H12Cl2N4. The van der Waals surface area contributed by atoms with Gasteiger partial charge in [0.25, 0.3) is 0 Å². The van der Waals surface area contributed by atoms with Crippen LogP contribution in [0.5, 0.6) is 0 Å². The van der Waals surface area contributed by atoms with E-state index in [0.717, 1.165) is 17.1 Å². The summed E-state index contributed by atoms with van der Waals surface area (Å²) in [5.74, 6) is 0. The number of aryl methyl sites for hydroxylation is 2. The number of anilines is 1. The summed E-state index contributed by atoms with van der Waals surface area (Å²) in [7, 11) is 0. The topological polar surface area (TPSA) is 50.7 Å². The molecule has 0 radical (unpaired) electrons. The summed E-state index contributed by atoms with van der Waals surface area (Å²) in [5, 5.41) is 4.15. The second kappa shape index (κ2) is 5.50. The third kappa shape index (κ3) is 3.09. The molecule has 2 aromatic rings. The van der Waals surface area contributed by atoms with E-state index in [1.54, 1.807) is 18.5 Å². The minimum absolute atomic E-state index is 0.411. The lowest BCUT2D eigenvalue weighted by Gasteiger charge is -2.09. The summed E-state index contributed by atoms with van der Waals surface area (Å²) in [4.78, 5) is 12.5. The van der Waals surface area contributed by atoms with Gasteiger partial charge in [-0.15, -0.1) is 0 Å². The quantitative estimate of drug-likeness (QED) is 0.877. The van der Waals surface area contributed by atoms with Crippen LogP contribution in [0.15, 0.2) is 18.5 Å². The fourth-order valence-electron chi connectivity index (χ4n) is 1.44. The highest BCUT2D eigenvalue weighted by Crippen LogP contribution is 2.27. The summed E-state index contributed by atoms with van der Waals surface area (Å²) >= 11 is 12.0. The van der Waals surface area contributed by atoms with Crippen LogP contribution in [0.2, 0.25) is 10.2 Å². The average molecular weight is 283 g/mol. The molecule has 2 rings (SSSR count). The third-order valence-corrected chi connectivity index (χ3v) is 3.06. The fourth-order valence-corrected chi connectivity index (χ4v) is 1.84. The van der Waals surface area contributed by atoms with Gasteiger partial charge in [-0.1, -0.05) is 23.2 Å². The first-order valence-electron chi connectivity index (χ1n) is 5.40. The number of rotatable bonds is 3. The van der Waals surface area contributed by atoms with Gasteiger partial charge in [-0.05, 0) is 13.8 Å². The van der Waals surface area contributed by atoms with E-state index in [0.29, 0.717) is 22.4 Å². The minimum atomic E-state index is 0.411. The number of halogens is 2. The predicted molar refractivity (Wildman–Crippen MR) is 73.1 cm³/mol. The fraction of sp³-hybridized carbons (Fsp3) is 0.250. The Morgan fingerprint density at radius 2 is 1.94 bits per heavy atom. The number of aromatic nitrogens is 3. The molecular weight excluding hydrogens is 271 g/mol. The maximum Gasteiger partial charge on any atom is 0.131 e. The highest BCUT2D eigenvalue weighted by Gasteiger charge is 2.07. The number of hydrogen-bond acceptors (Lipinski definition) is 4. The van der Waals surface area contributed by atoms with Crippen LogP contribution in [0.25, 0.3) is 0 Å². The molecule has 18 heavy (non-hydrogen) atoms. The third-order valence-electron chi connectivity index (χ3n) is 2.39. The van der Waals surface area contributed by atoms with Crippen LogP contribution in [0.4, 0.5) is 5.69 Å². The molecule has 4 nitrogen and oxygen atoms in total. The number of nitrogens with one attached hydrogen (secondary N) is 1. The van der Waals surface area contributed by atoms with E-state index in [9.17, 15) is 0 Å². The van der Waals surface area contributed by atoms with Crippen LogP contribution in [0.1, 0.15) is 17.1 Å². The van der Waals surface area contributed by atoms with Crippen LogP contribution in [-0.4, -0.2) is 15.0 Å². The molecule has 0 saturated carbocycles. The van der Waals surface area contributed by atoms with Crippen molar-refractivity contribution >= 4 is 28.9 Å². The normalized spacial score (nSPS) is 10.4. The van der Waals surface area contributed by atoms with Gasteiger partial charge < -0.3 is 5.32 Å². The van der Waals surface area contributed by atoms with Crippen molar-refractivity contribution in [2.75, 3.05) is 5.32 Å². The first-order valence-corrected chi connectivity index (χ1v) is 6.16. The Morgan fingerprint density at radius 3 is 2.61 bits per heavy atom. The first-order chi connectivity index (χ1) is 8.56. The highest BCUT2D eigenvalue weighted by atomic mass is 35.5. The van der Waals surface area contributed by atoms with E-state index < -0.39 is 0 Å². The molecule has 94 valence electrons. The molecule has 0 aliphatic heterocycles. The molecule has 0 atom stereocenters. The molecule has 0 amide bonds. The van der Waals surface area contributed by atoms with Crippen molar-refractivity contribution in [2.24, 2.45) is 0 Å². The molecule has 0 aliphatic rings. The second-order valence-electron chi connectivity index (χ2n) is 3.89. The van der Waals surface area contributed by atoms with Crippen LogP contribution >= 0.6 is 23.2 Å². The number of pyridine rings is 1. The molecule has 0 aliphatic carbocycles. The van der Waals surface area contributed by atoms with E-state index >= 15 is 0 Å². The molecule has 6 heteroatoms. The smallest absolute Gasteiger partial charge is 0.131 e. The molecule has 0 saturated heterocycles. The first kappa shape index (κ1) is 13.1. The Labute approximate surface area is 115 Å². The Bertz CT molecular complexity index is 555. The van der Waals surface area contributed by atoms with E-state index in [1.165, 1.54) is 0 Å². The zero-order chi connectivity index (χ0) is 13.1. The van der Waals surface area contributed by atoms with Crippen LogP contribution in [-0.2, 0) is 6.54 Å². The Hall–Kier alpha value is -1.39. The van der Waals surface area contributed by atoms with E-state index in [1.807, 2.05) is 13.8 Å². The second-order valence-corrected chi connectivity index (χ2v) is 4.66. The maximum atomic E-state index is 6.14. The molecule has 1 N–H and O–H groups in total. The molecule has 0 fully saturated rings. The largest absolute Gasteiger partial charge is 0.378 e. The van der Waals surface area contributed by atoms with Gasteiger partial charge in [0, 0.05) is 12.3 Å². The van der Waals surface area contributed by atoms with Crippen molar-refractivity contribution in [3.8, 4) is 0 Å². The summed E-state index contributed by atoms with van der Waals surface area (Å²) in [6, 6.07) is 1.69. The van der Waals surface area contributed by atoms with Crippen molar-refractivity contribution in [1.82, 2.24) is 15.0 Å². The Balaban J connectivity index is 2.13. The lowest BCUT2D eigenvalue weighted by Crippen LogP contribution is -2.04. The Kier molecular flexibility index (Phi) is 3.99. The summed E-state index contributed by atoms with van der Waals surface area (Å²) in [5.41, 5.74) is 3.17. The van der Waals surface area contributed by atoms with Crippen LogP contribution in [0, 0.1) is 13.8 Å². The van der Waals surface area contributed by atoms with Gasteiger partial charge >= 0.3 is 0 Å².